The highest BCUT2D eigenvalue weighted by Crippen LogP contribution is 2.36. The zero-order valence-corrected chi connectivity index (χ0v) is 15.6. The van der Waals surface area contributed by atoms with Crippen LogP contribution >= 0.6 is 0 Å². The molecule has 0 aromatic heterocycles. The van der Waals surface area contributed by atoms with E-state index in [4.69, 9.17) is 4.74 Å². The first-order chi connectivity index (χ1) is 11.3. The minimum atomic E-state index is 0.580. The molecule has 0 heterocycles. The Kier molecular flexibility index (Phi) is 9.34. The molecule has 0 atom stereocenters. The second-order valence-corrected chi connectivity index (χ2v) is 8.17. The minimum absolute atomic E-state index is 0.580. The van der Waals surface area contributed by atoms with E-state index in [-0.39, 0.29) is 0 Å². The summed E-state index contributed by atoms with van der Waals surface area (Å²) in [6, 6.07) is 0. The average molecular weight is 321 g/mol. The largest absolute Gasteiger partial charge is 0.378 e. The normalized spacial score (nSPS) is 31.9. The Morgan fingerprint density at radius 3 is 2.00 bits per heavy atom. The van der Waals surface area contributed by atoms with Gasteiger partial charge in [-0.1, -0.05) is 45.1 Å². The van der Waals surface area contributed by atoms with E-state index < -0.39 is 0 Å². The van der Waals surface area contributed by atoms with Gasteiger partial charge in [0.05, 0.1) is 6.10 Å². The van der Waals surface area contributed by atoms with Crippen LogP contribution < -0.4 is 0 Å². The number of rotatable bonds is 10. The molecule has 0 aliphatic heterocycles. The molecule has 0 N–H and O–H groups in total. The predicted molar refractivity (Wildman–Crippen MR) is 101 cm³/mol. The fourth-order valence-electron chi connectivity index (χ4n) is 4.55. The van der Waals surface area contributed by atoms with Gasteiger partial charge in [-0.3, -0.25) is 0 Å². The van der Waals surface area contributed by atoms with Gasteiger partial charge in [-0.25, -0.2) is 0 Å². The first kappa shape index (κ1) is 19.0. The third-order valence-electron chi connectivity index (χ3n) is 6.35. The van der Waals surface area contributed by atoms with E-state index >= 15 is 0 Å². The first-order valence-electron chi connectivity index (χ1n) is 10.6. The summed E-state index contributed by atoms with van der Waals surface area (Å²) in [6.07, 6.45) is 22.2. The molecule has 0 unspecified atom stereocenters. The molecule has 0 spiro atoms. The molecule has 23 heavy (non-hydrogen) atoms. The zero-order chi connectivity index (χ0) is 16.3. The van der Waals surface area contributed by atoms with Crippen LogP contribution in [0.15, 0.2) is 12.7 Å². The lowest BCUT2D eigenvalue weighted by Crippen LogP contribution is -2.23. The number of unbranched alkanes of at least 4 members (excludes halogenated alkanes) is 3. The lowest BCUT2D eigenvalue weighted by atomic mass is 9.77. The highest BCUT2D eigenvalue weighted by atomic mass is 16.5. The van der Waals surface area contributed by atoms with Gasteiger partial charge in [-0.2, -0.15) is 0 Å². The van der Waals surface area contributed by atoms with Gasteiger partial charge in [0.2, 0.25) is 0 Å². The summed E-state index contributed by atoms with van der Waals surface area (Å²) in [7, 11) is 0. The van der Waals surface area contributed by atoms with E-state index in [0.29, 0.717) is 6.10 Å². The maximum Gasteiger partial charge on any atom is 0.0575 e. The van der Waals surface area contributed by atoms with E-state index in [9.17, 15) is 0 Å². The highest BCUT2D eigenvalue weighted by molar-refractivity contribution is 4.84. The number of hydrogen-bond acceptors (Lipinski definition) is 1. The van der Waals surface area contributed by atoms with Gasteiger partial charge >= 0.3 is 0 Å². The molecule has 0 radical (unpaired) electrons. The predicted octanol–water partition coefficient (Wildman–Crippen LogP) is 6.91. The molecule has 2 saturated carbocycles. The first-order valence-corrected chi connectivity index (χ1v) is 10.6. The molecule has 134 valence electrons. The summed E-state index contributed by atoms with van der Waals surface area (Å²) in [6.45, 7) is 7.23. The molecule has 2 aliphatic rings. The standard InChI is InChI=1S/C22H40O/c1-3-5-6-7-18-23-22-16-14-21(15-17-22)13-12-20-10-8-19(4-2)9-11-20/h4,19-22H,2-3,5-18H2,1H3/t19-,20-,21-,22-. The Morgan fingerprint density at radius 2 is 1.43 bits per heavy atom. The van der Waals surface area contributed by atoms with Crippen LogP contribution in [0.3, 0.4) is 0 Å². The van der Waals surface area contributed by atoms with E-state index in [2.05, 4.69) is 19.6 Å². The maximum atomic E-state index is 6.09. The monoisotopic (exact) mass is 320 g/mol. The van der Waals surface area contributed by atoms with Crippen molar-refractivity contribution < 1.29 is 4.74 Å². The number of allylic oxidation sites excluding steroid dienone is 1. The Bertz CT molecular complexity index is 295. The molecule has 1 nitrogen and oxygen atoms in total. The lowest BCUT2D eigenvalue weighted by molar-refractivity contribution is 0.0145. The van der Waals surface area contributed by atoms with Crippen LogP contribution in [0.5, 0.6) is 0 Å². The maximum absolute atomic E-state index is 6.09. The second-order valence-electron chi connectivity index (χ2n) is 8.17. The summed E-state index contributed by atoms with van der Waals surface area (Å²) in [5, 5.41) is 0. The molecule has 0 aromatic rings. The van der Waals surface area contributed by atoms with Crippen LogP contribution in [0.25, 0.3) is 0 Å². The van der Waals surface area contributed by atoms with Gasteiger partial charge in [0, 0.05) is 6.61 Å². The van der Waals surface area contributed by atoms with Crippen molar-refractivity contribution in [3.05, 3.63) is 12.7 Å². The van der Waals surface area contributed by atoms with Crippen molar-refractivity contribution in [2.24, 2.45) is 17.8 Å². The van der Waals surface area contributed by atoms with Gasteiger partial charge in [0.1, 0.15) is 0 Å². The number of hydrogen-bond donors (Lipinski definition) is 0. The lowest BCUT2D eigenvalue weighted by Gasteiger charge is -2.31. The second kappa shape index (κ2) is 11.3. The topological polar surface area (TPSA) is 9.23 Å². The van der Waals surface area contributed by atoms with Gasteiger partial charge in [0.25, 0.3) is 0 Å². The molecule has 0 saturated heterocycles. The third-order valence-corrected chi connectivity index (χ3v) is 6.35. The van der Waals surface area contributed by atoms with Crippen molar-refractivity contribution in [2.75, 3.05) is 6.61 Å². The van der Waals surface area contributed by atoms with Gasteiger partial charge in [-0.05, 0) is 75.5 Å². The van der Waals surface area contributed by atoms with Crippen molar-refractivity contribution in [1.29, 1.82) is 0 Å². The molecule has 0 aromatic carbocycles. The summed E-state index contributed by atoms with van der Waals surface area (Å²) in [4.78, 5) is 0. The molecule has 0 amide bonds. The summed E-state index contributed by atoms with van der Waals surface area (Å²) >= 11 is 0. The van der Waals surface area contributed by atoms with Crippen LogP contribution in [-0.2, 0) is 4.74 Å². The van der Waals surface area contributed by atoms with Gasteiger partial charge in [0.15, 0.2) is 0 Å². The molecular weight excluding hydrogens is 280 g/mol. The smallest absolute Gasteiger partial charge is 0.0575 e. The quantitative estimate of drug-likeness (QED) is 0.314. The van der Waals surface area contributed by atoms with Crippen LogP contribution in [-0.4, -0.2) is 12.7 Å². The van der Waals surface area contributed by atoms with Crippen molar-refractivity contribution >= 4 is 0 Å². The molecule has 2 rings (SSSR count). The van der Waals surface area contributed by atoms with E-state index in [1.165, 1.54) is 89.9 Å². The van der Waals surface area contributed by atoms with E-state index in [1.807, 2.05) is 0 Å². The van der Waals surface area contributed by atoms with E-state index in [0.717, 1.165) is 24.4 Å². The fraction of sp³-hybridized carbons (Fsp3) is 0.909. The van der Waals surface area contributed by atoms with Gasteiger partial charge < -0.3 is 4.74 Å². The van der Waals surface area contributed by atoms with Crippen molar-refractivity contribution in [1.82, 2.24) is 0 Å². The summed E-state index contributed by atoms with van der Waals surface area (Å²) in [5.74, 6) is 2.82. The molecule has 1 heteroatoms. The van der Waals surface area contributed by atoms with Crippen molar-refractivity contribution in [3.8, 4) is 0 Å². The Hall–Kier alpha value is -0.300. The van der Waals surface area contributed by atoms with Crippen molar-refractivity contribution in [2.45, 2.75) is 103 Å². The van der Waals surface area contributed by atoms with Gasteiger partial charge in [-0.15, -0.1) is 6.58 Å². The molecule has 0 bridgehead atoms. The SMILES string of the molecule is C=C[C@H]1CC[C@H](CC[C@H]2CC[C@H](OCCCCCC)CC2)CC1. The fourth-order valence-corrected chi connectivity index (χ4v) is 4.55. The minimum Gasteiger partial charge on any atom is -0.378 e. The number of ether oxygens (including phenoxy) is 1. The third kappa shape index (κ3) is 7.42. The molecular formula is C22H40O. The Morgan fingerprint density at radius 1 is 0.826 bits per heavy atom. The van der Waals surface area contributed by atoms with Crippen molar-refractivity contribution in [3.63, 3.8) is 0 Å². The van der Waals surface area contributed by atoms with Crippen LogP contribution in [0, 0.1) is 17.8 Å². The summed E-state index contributed by atoms with van der Waals surface area (Å²) < 4.78 is 6.09. The van der Waals surface area contributed by atoms with E-state index in [1.54, 1.807) is 0 Å². The Labute approximate surface area is 145 Å². The molecule has 2 aliphatic carbocycles. The Balaban J connectivity index is 1.49. The zero-order valence-electron chi connectivity index (χ0n) is 15.6. The van der Waals surface area contributed by atoms with Crippen LogP contribution in [0.4, 0.5) is 0 Å². The van der Waals surface area contributed by atoms with Crippen LogP contribution in [0.1, 0.15) is 96.8 Å². The average Bonchev–Trinajstić information content (AvgIpc) is 2.61. The van der Waals surface area contributed by atoms with Crippen LogP contribution in [0.2, 0.25) is 0 Å². The molecule has 2 fully saturated rings. The highest BCUT2D eigenvalue weighted by Gasteiger charge is 2.24. The summed E-state index contributed by atoms with van der Waals surface area (Å²) in [5.41, 5.74) is 0.